The minimum Gasteiger partial charge on any atom is -0.349 e. The Hall–Kier alpha value is -4.61. The van der Waals surface area contributed by atoms with Gasteiger partial charge in [-0.25, -0.2) is 14.6 Å². The zero-order valence-electron chi connectivity index (χ0n) is 18.6. The molecule has 0 saturated carbocycles. The molecule has 1 N–H and O–H groups in total. The van der Waals surface area contributed by atoms with Gasteiger partial charge in [0, 0.05) is 6.54 Å². The minimum atomic E-state index is -4.47. The number of aromatic nitrogens is 6. The topological polar surface area (TPSA) is 108 Å². The molecular formula is C24H18F3N7O2. The summed E-state index contributed by atoms with van der Waals surface area (Å²) >= 11 is 0. The van der Waals surface area contributed by atoms with Crippen molar-refractivity contribution in [1.82, 2.24) is 34.6 Å². The zero-order valence-corrected chi connectivity index (χ0v) is 18.6. The van der Waals surface area contributed by atoms with Crippen LogP contribution in [-0.4, -0.2) is 41.8 Å². The van der Waals surface area contributed by atoms with E-state index in [2.05, 4.69) is 25.4 Å². The number of para-hydroxylation sites is 2. The van der Waals surface area contributed by atoms with Crippen LogP contribution in [0.2, 0.25) is 0 Å². The van der Waals surface area contributed by atoms with Gasteiger partial charge in [-0.1, -0.05) is 24.3 Å². The Morgan fingerprint density at radius 3 is 2.61 bits per heavy atom. The Morgan fingerprint density at radius 1 is 1.00 bits per heavy atom. The van der Waals surface area contributed by atoms with Gasteiger partial charge < -0.3 is 5.32 Å². The van der Waals surface area contributed by atoms with E-state index >= 15 is 0 Å². The molecule has 3 heterocycles. The van der Waals surface area contributed by atoms with E-state index in [1.165, 1.54) is 40.1 Å². The number of fused-ring (bicyclic) bond motifs is 2. The van der Waals surface area contributed by atoms with Gasteiger partial charge >= 0.3 is 6.18 Å². The number of carbonyl (C=O) groups excluding carboxylic acids is 1. The Balaban J connectivity index is 1.27. The summed E-state index contributed by atoms with van der Waals surface area (Å²) in [5, 5.41) is 7.13. The number of alkyl halides is 3. The van der Waals surface area contributed by atoms with Gasteiger partial charge in [0.2, 0.25) is 0 Å². The van der Waals surface area contributed by atoms with E-state index in [0.717, 1.165) is 12.1 Å². The molecule has 3 aromatic heterocycles. The van der Waals surface area contributed by atoms with Crippen molar-refractivity contribution in [3.8, 4) is 0 Å². The smallest absolute Gasteiger partial charge is 0.349 e. The molecule has 9 nitrogen and oxygen atoms in total. The van der Waals surface area contributed by atoms with Gasteiger partial charge in [0.15, 0.2) is 5.65 Å². The summed E-state index contributed by atoms with van der Waals surface area (Å²) in [6.07, 6.45) is -0.452. The van der Waals surface area contributed by atoms with Crippen molar-refractivity contribution in [3.05, 3.63) is 94.4 Å². The lowest BCUT2D eigenvalue weighted by molar-refractivity contribution is -0.137. The van der Waals surface area contributed by atoms with Crippen molar-refractivity contribution < 1.29 is 18.0 Å². The van der Waals surface area contributed by atoms with E-state index in [-0.39, 0.29) is 30.7 Å². The third-order valence-corrected chi connectivity index (χ3v) is 5.52. The predicted octanol–water partition coefficient (Wildman–Crippen LogP) is 3.03. The first-order chi connectivity index (χ1) is 17.3. The maximum Gasteiger partial charge on any atom is 0.416 e. The quantitative estimate of drug-likeness (QED) is 0.390. The predicted molar refractivity (Wildman–Crippen MR) is 124 cm³/mol. The van der Waals surface area contributed by atoms with Crippen molar-refractivity contribution in [2.24, 2.45) is 0 Å². The van der Waals surface area contributed by atoms with Crippen LogP contribution in [0.5, 0.6) is 0 Å². The average Bonchev–Trinajstić information content (AvgIpc) is 3.28. The molecule has 0 unspecified atom stereocenters. The monoisotopic (exact) mass is 493 g/mol. The van der Waals surface area contributed by atoms with Crippen molar-refractivity contribution in [2.45, 2.75) is 19.3 Å². The van der Waals surface area contributed by atoms with Crippen LogP contribution in [0.3, 0.4) is 0 Å². The van der Waals surface area contributed by atoms with Gasteiger partial charge in [0.25, 0.3) is 11.5 Å². The van der Waals surface area contributed by atoms with Crippen LogP contribution in [0.4, 0.5) is 13.2 Å². The highest BCUT2D eigenvalue weighted by Crippen LogP contribution is 2.29. The van der Waals surface area contributed by atoms with Gasteiger partial charge in [-0.2, -0.15) is 18.3 Å². The third-order valence-electron chi connectivity index (χ3n) is 5.52. The van der Waals surface area contributed by atoms with Crippen molar-refractivity contribution >= 4 is 28.0 Å². The average molecular weight is 493 g/mol. The molecule has 0 fully saturated rings. The second-order valence-electron chi connectivity index (χ2n) is 7.98. The minimum absolute atomic E-state index is 0.0697. The molecule has 12 heteroatoms. The van der Waals surface area contributed by atoms with Gasteiger partial charge in [-0.15, -0.1) is 0 Å². The van der Waals surface area contributed by atoms with Gasteiger partial charge in [-0.3, -0.25) is 19.1 Å². The summed E-state index contributed by atoms with van der Waals surface area (Å²) in [5.74, 6) is -0.402. The van der Waals surface area contributed by atoms with Crippen LogP contribution >= 0.6 is 0 Å². The molecule has 0 atom stereocenters. The first kappa shape index (κ1) is 23.1. The number of amides is 1. The molecule has 0 saturated heterocycles. The Morgan fingerprint density at radius 2 is 1.81 bits per heavy atom. The van der Waals surface area contributed by atoms with Gasteiger partial charge in [-0.05, 0) is 29.8 Å². The lowest BCUT2D eigenvalue weighted by Gasteiger charge is -2.10. The van der Waals surface area contributed by atoms with Crippen LogP contribution in [0, 0.1) is 0 Å². The maximum absolute atomic E-state index is 13.0. The fourth-order valence-electron chi connectivity index (χ4n) is 3.75. The lowest BCUT2D eigenvalue weighted by Crippen LogP contribution is -2.28. The maximum atomic E-state index is 13.0. The number of carbonyl (C=O) groups is 1. The summed E-state index contributed by atoms with van der Waals surface area (Å²) in [4.78, 5) is 38.1. The number of hydrogen-bond donors (Lipinski definition) is 1. The van der Waals surface area contributed by atoms with Gasteiger partial charge in [0.05, 0.1) is 42.1 Å². The molecule has 0 bridgehead atoms. The van der Waals surface area contributed by atoms with Crippen molar-refractivity contribution in [2.75, 3.05) is 6.54 Å². The second-order valence-corrected chi connectivity index (χ2v) is 7.98. The van der Waals surface area contributed by atoms with Crippen molar-refractivity contribution in [3.63, 3.8) is 0 Å². The van der Waals surface area contributed by atoms with Crippen LogP contribution in [0.15, 0.2) is 72.0 Å². The standard InChI is InChI=1S/C24H18F3N7O2/c25-24(26,27)16-5-3-4-15(10-16)13-33-14-30-21-17(23(33)36)11-31-34(21)9-8-28-22(35)20-12-29-18-6-1-2-7-19(18)32-20/h1-7,10-12,14H,8-9,13H2,(H,28,35). The number of hydrogen-bond acceptors (Lipinski definition) is 6. The molecule has 0 aliphatic rings. The largest absolute Gasteiger partial charge is 0.416 e. The van der Waals surface area contributed by atoms with Crippen LogP contribution < -0.4 is 10.9 Å². The highest BCUT2D eigenvalue weighted by Gasteiger charge is 2.30. The van der Waals surface area contributed by atoms with Crippen LogP contribution in [0.1, 0.15) is 21.6 Å². The SMILES string of the molecule is O=C(NCCn1ncc2c(=O)n(Cc3cccc(C(F)(F)F)c3)cnc21)c1cnc2ccccc2n1. The summed E-state index contributed by atoms with van der Waals surface area (Å²) < 4.78 is 41.6. The molecule has 36 heavy (non-hydrogen) atoms. The Bertz CT molecular complexity index is 1640. The third kappa shape index (κ3) is 4.65. The Kier molecular flexibility index (Phi) is 5.92. The molecule has 0 spiro atoms. The normalized spacial score (nSPS) is 11.8. The molecule has 5 aromatic rings. The highest BCUT2D eigenvalue weighted by atomic mass is 19.4. The molecule has 0 aliphatic heterocycles. The number of nitrogens with zero attached hydrogens (tertiary/aromatic N) is 6. The Labute approximate surface area is 201 Å². The summed E-state index contributed by atoms with van der Waals surface area (Å²) in [7, 11) is 0. The van der Waals surface area contributed by atoms with Gasteiger partial charge in [0.1, 0.15) is 17.4 Å². The molecule has 0 aliphatic carbocycles. The molecular weight excluding hydrogens is 475 g/mol. The van der Waals surface area contributed by atoms with E-state index in [4.69, 9.17) is 0 Å². The molecule has 182 valence electrons. The first-order valence-electron chi connectivity index (χ1n) is 10.9. The van der Waals surface area contributed by atoms with E-state index in [1.807, 2.05) is 12.1 Å². The summed E-state index contributed by atoms with van der Waals surface area (Å²) in [5.41, 5.74) is 0.871. The summed E-state index contributed by atoms with van der Waals surface area (Å²) in [6.45, 7) is 0.360. The molecule has 0 radical (unpaired) electrons. The molecule has 5 rings (SSSR count). The number of benzene rings is 2. The summed E-state index contributed by atoms with van der Waals surface area (Å²) in [6, 6.07) is 12.0. The van der Waals surface area contributed by atoms with E-state index in [0.29, 0.717) is 22.2 Å². The number of rotatable bonds is 6. The number of nitrogens with one attached hydrogen (secondary N) is 1. The van der Waals surface area contributed by atoms with Crippen LogP contribution in [0.25, 0.3) is 22.1 Å². The lowest BCUT2D eigenvalue weighted by atomic mass is 10.1. The highest BCUT2D eigenvalue weighted by molar-refractivity contribution is 5.93. The van der Waals surface area contributed by atoms with Crippen molar-refractivity contribution in [1.29, 1.82) is 0 Å². The fraction of sp³-hybridized carbons (Fsp3) is 0.167. The second kappa shape index (κ2) is 9.21. The van der Waals surface area contributed by atoms with E-state index in [9.17, 15) is 22.8 Å². The van der Waals surface area contributed by atoms with E-state index in [1.54, 1.807) is 12.1 Å². The molecule has 2 aromatic carbocycles. The van der Waals surface area contributed by atoms with E-state index < -0.39 is 23.2 Å². The molecule has 1 amide bonds. The fourth-order valence-corrected chi connectivity index (χ4v) is 3.75. The number of halogens is 3. The van der Waals surface area contributed by atoms with Crippen LogP contribution in [-0.2, 0) is 19.3 Å². The first-order valence-corrected chi connectivity index (χ1v) is 10.9. The zero-order chi connectivity index (χ0) is 25.3.